The number of phenols is 1. The lowest BCUT2D eigenvalue weighted by molar-refractivity contribution is -0.138. The Balaban J connectivity index is 0.000000295. The van der Waals surface area contributed by atoms with Crippen molar-refractivity contribution in [1.82, 2.24) is 27.4 Å². The van der Waals surface area contributed by atoms with E-state index in [0.29, 0.717) is 57.7 Å². The minimum atomic E-state index is -4.32. The highest BCUT2D eigenvalue weighted by Gasteiger charge is 2.50. The number of carbonyl (C=O) groups excluding carboxylic acids is 4. The molecular weight excluding hydrogens is 1300 g/mol. The minimum absolute atomic E-state index is 0. The van der Waals surface area contributed by atoms with E-state index in [1.54, 1.807) is 66.7 Å². The van der Waals surface area contributed by atoms with Gasteiger partial charge in [-0.25, -0.2) is 16.8 Å². The van der Waals surface area contributed by atoms with Crippen molar-refractivity contribution in [3.8, 4) is 5.75 Å². The Hall–Kier alpha value is -7.14. The number of nitrogens with one attached hydrogen (secondary N) is 4. The van der Waals surface area contributed by atoms with Gasteiger partial charge in [0.2, 0.25) is 23.6 Å². The molecule has 2 aliphatic heterocycles. The number of rotatable bonds is 27. The van der Waals surface area contributed by atoms with E-state index in [1.807, 2.05) is 81.4 Å². The SMILES string of the molecule is CCCCC1(CC)CS(=O)(=O)c2ccc(SCC(=O)N[C@@H](C(=O)NCC(=O)O)c3ccccc3)cc2C(c2ccccc2)C1O.CCCCC1(CC)CS(=O)(=O)c2ccc(SCC(=O)N[C@@H](C(=O)NCCS(=O)(=O)O)c3ccc(O)cc3)cc2C(c2ccccc2)C1O.N. The summed E-state index contributed by atoms with van der Waals surface area (Å²) in [7, 11) is -11.9. The van der Waals surface area contributed by atoms with Crippen molar-refractivity contribution in [2.45, 2.75) is 135 Å². The third-order valence-electron chi connectivity index (χ3n) is 17.2. The lowest BCUT2D eigenvalue weighted by atomic mass is 9.69. The van der Waals surface area contributed by atoms with Crippen LogP contribution < -0.4 is 27.4 Å². The van der Waals surface area contributed by atoms with Crippen molar-refractivity contribution in [1.29, 1.82) is 0 Å². The maximum absolute atomic E-state index is 13.9. The number of amides is 4. The molecule has 0 bridgehead atoms. The van der Waals surface area contributed by atoms with E-state index >= 15 is 0 Å². The summed E-state index contributed by atoms with van der Waals surface area (Å²) < 4.78 is 86.8. The lowest BCUT2D eigenvalue weighted by Crippen LogP contribution is -2.42. The lowest BCUT2D eigenvalue weighted by Gasteiger charge is -2.39. The number of carbonyl (C=O) groups is 5. The second kappa shape index (κ2) is 34.0. The number of phenolic OH excluding ortho intramolecular Hbond substituents is 1. The second-order valence-corrected chi connectivity index (χ2v) is 31.1. The number of hydrogen-bond acceptors (Lipinski definition) is 17. The van der Waals surface area contributed by atoms with Crippen LogP contribution >= 0.6 is 23.5 Å². The van der Waals surface area contributed by atoms with Gasteiger partial charge in [-0.3, -0.25) is 28.5 Å². The first-order valence-corrected chi connectivity index (χ1v) is 37.7. The van der Waals surface area contributed by atoms with E-state index in [2.05, 4.69) is 28.2 Å². The highest BCUT2D eigenvalue weighted by molar-refractivity contribution is 8.00. The van der Waals surface area contributed by atoms with Gasteiger partial charge in [-0.05, 0) is 108 Å². The molecular formula is C68H85N5O16S5. The van der Waals surface area contributed by atoms with E-state index in [0.717, 1.165) is 48.6 Å². The van der Waals surface area contributed by atoms with Crippen LogP contribution in [0.25, 0.3) is 0 Å². The Morgan fingerprint density at radius 2 is 0.968 bits per heavy atom. The molecule has 6 aromatic rings. The highest BCUT2D eigenvalue weighted by atomic mass is 32.2. The molecule has 26 heteroatoms. The van der Waals surface area contributed by atoms with Crippen molar-refractivity contribution in [3.63, 3.8) is 0 Å². The zero-order chi connectivity index (χ0) is 67.7. The van der Waals surface area contributed by atoms with Crippen LogP contribution in [0.4, 0.5) is 0 Å². The molecule has 12 N–H and O–H groups in total. The smallest absolute Gasteiger partial charge is 0.322 e. The number of hydrogen-bond donors (Lipinski definition) is 10. The molecule has 2 heterocycles. The van der Waals surface area contributed by atoms with Gasteiger partial charge in [-0.2, -0.15) is 8.42 Å². The number of aromatic hydroxyl groups is 1. The van der Waals surface area contributed by atoms with Crippen molar-refractivity contribution in [2.75, 3.05) is 41.9 Å². The van der Waals surface area contributed by atoms with Crippen LogP contribution in [0.5, 0.6) is 5.75 Å². The molecule has 0 saturated carbocycles. The molecule has 6 aromatic carbocycles. The summed E-state index contributed by atoms with van der Waals surface area (Å²) in [6.45, 7) is 6.98. The van der Waals surface area contributed by atoms with Gasteiger partial charge < -0.3 is 47.8 Å². The normalized spacial score (nSPS) is 20.8. The molecule has 21 nitrogen and oxygen atoms in total. The fourth-order valence-corrected chi connectivity index (χ4v) is 18.6. The zero-order valence-corrected chi connectivity index (χ0v) is 57.1. The van der Waals surface area contributed by atoms with Gasteiger partial charge in [0, 0.05) is 39.0 Å². The van der Waals surface area contributed by atoms with Crippen LogP contribution in [0.3, 0.4) is 0 Å². The summed E-state index contributed by atoms with van der Waals surface area (Å²) in [5, 5.41) is 52.8. The molecule has 0 spiro atoms. The number of sulfone groups is 2. The Morgan fingerprint density at radius 1 is 0.574 bits per heavy atom. The number of benzene rings is 6. The zero-order valence-electron chi connectivity index (χ0n) is 53.0. The van der Waals surface area contributed by atoms with Gasteiger partial charge in [0.15, 0.2) is 19.7 Å². The van der Waals surface area contributed by atoms with Crippen molar-refractivity contribution in [2.24, 2.45) is 10.8 Å². The number of thioether (sulfide) groups is 2. The number of unbranched alkanes of at least 4 members (excludes halogenated alkanes) is 2. The van der Waals surface area contributed by atoms with Gasteiger partial charge in [0.05, 0.1) is 50.8 Å². The number of aliphatic carboxylic acids is 1. The van der Waals surface area contributed by atoms with E-state index in [9.17, 15) is 64.5 Å². The quantitative estimate of drug-likeness (QED) is 0.0170. The van der Waals surface area contributed by atoms with Crippen LogP contribution in [0.1, 0.15) is 136 Å². The molecule has 4 amide bonds. The van der Waals surface area contributed by atoms with Crippen LogP contribution in [0.2, 0.25) is 0 Å². The van der Waals surface area contributed by atoms with Crippen molar-refractivity contribution < 1.29 is 74.2 Å². The fraction of sp³-hybridized carbons (Fsp3) is 0.397. The van der Waals surface area contributed by atoms with Gasteiger partial charge in [0.25, 0.3) is 10.1 Å². The Labute approximate surface area is 559 Å². The first-order valence-electron chi connectivity index (χ1n) is 30.8. The van der Waals surface area contributed by atoms with Gasteiger partial charge in [-0.1, -0.05) is 157 Å². The van der Waals surface area contributed by atoms with Crippen LogP contribution in [-0.4, -0.2) is 134 Å². The minimum Gasteiger partial charge on any atom is -0.508 e. The number of fused-ring (bicyclic) bond motifs is 2. The largest absolute Gasteiger partial charge is 0.508 e. The average molecular weight is 1390 g/mol. The van der Waals surface area contributed by atoms with Crippen LogP contribution in [0, 0.1) is 10.8 Å². The standard InChI is InChI=1S/C34H42N2O9S3.C34H40N2O7S2.H3N/c1-3-5-17-34(4-2)22-47(41,42)28-16-15-26(20-27(28)30(32(34)39)23-9-7-6-8-10-23)46-21-29(38)36-31(24-11-13-25(37)14-12-24)33(40)35-18-19-48(43,44)45;1-3-5-18-34(4-2)22-45(42,43)27-17-16-25(19-26(27)30(32(34)40)23-12-8-6-9-13-23)44-21-28(37)36-31(24-14-10-7-11-15-24)33(41)35-20-29(38)39;/h6-16,20,30-32,37,39H,3-5,17-19,21-22H2,1-2H3,(H,35,40)(H,36,38)(H,43,44,45);6-17,19,30-32,40H,3-5,18,20-22H2,1-2H3,(H,35,41)(H,36,37)(H,38,39);1H3/t2*30?,31-,32?,34?;/m11./s1. The van der Waals surface area contributed by atoms with E-state index < -0.39 is 119 Å². The highest BCUT2D eigenvalue weighted by Crippen LogP contribution is 2.51. The predicted molar refractivity (Wildman–Crippen MR) is 363 cm³/mol. The molecule has 0 aromatic heterocycles. The van der Waals surface area contributed by atoms with Crippen LogP contribution in [-0.2, 0) is 53.8 Å². The second-order valence-electron chi connectivity index (χ2n) is 23.5. The predicted octanol–water partition coefficient (Wildman–Crippen LogP) is 9.08. The topological polar surface area (TPSA) is 372 Å². The molecule has 508 valence electrons. The van der Waals surface area contributed by atoms with E-state index in [4.69, 9.17) is 9.66 Å². The van der Waals surface area contributed by atoms with E-state index in [1.165, 1.54) is 36.0 Å². The summed E-state index contributed by atoms with van der Waals surface area (Å²) >= 11 is 2.31. The molecule has 94 heavy (non-hydrogen) atoms. The van der Waals surface area contributed by atoms with Crippen LogP contribution in [0.15, 0.2) is 171 Å². The summed E-state index contributed by atoms with van der Waals surface area (Å²) in [5.41, 5.74) is 1.71. The number of carboxylic acids is 1. The maximum atomic E-state index is 13.9. The number of aliphatic hydroxyl groups excluding tert-OH is 2. The molecule has 8 atom stereocenters. The molecule has 0 saturated heterocycles. The first kappa shape index (κ1) is 75.9. The summed E-state index contributed by atoms with van der Waals surface area (Å²) in [6, 6.07) is 40.4. The third-order valence-corrected chi connectivity index (χ3v) is 23.9. The monoisotopic (exact) mass is 1390 g/mol. The Morgan fingerprint density at radius 3 is 1.35 bits per heavy atom. The number of carboxylic acid groups (broad SMARTS) is 1. The summed E-state index contributed by atoms with van der Waals surface area (Å²) in [5.74, 6) is -6.15. The molecule has 0 fully saturated rings. The molecule has 8 rings (SSSR count). The van der Waals surface area contributed by atoms with Crippen molar-refractivity contribution in [3.05, 3.63) is 185 Å². The Kier molecular flexibility index (Phi) is 27.4. The average Bonchev–Trinajstić information content (AvgIpc) is 1.59. The Bertz CT molecular complexity index is 3910. The van der Waals surface area contributed by atoms with Crippen molar-refractivity contribution >= 4 is 82.9 Å². The fourth-order valence-electron chi connectivity index (χ4n) is 12.2. The molecule has 0 aliphatic carbocycles. The molecule has 6 unspecified atom stereocenters. The van der Waals surface area contributed by atoms with E-state index in [-0.39, 0.29) is 51.2 Å². The van der Waals surface area contributed by atoms with Gasteiger partial charge in [-0.15, -0.1) is 23.5 Å². The molecule has 0 radical (unpaired) electrons. The van der Waals surface area contributed by atoms with Gasteiger partial charge >= 0.3 is 5.97 Å². The van der Waals surface area contributed by atoms with Gasteiger partial charge in [0.1, 0.15) is 24.4 Å². The maximum Gasteiger partial charge on any atom is 0.322 e. The summed E-state index contributed by atoms with van der Waals surface area (Å²) in [4.78, 5) is 64.6. The summed E-state index contributed by atoms with van der Waals surface area (Å²) in [6.07, 6.45) is 3.52. The molecule has 2 aliphatic rings. The third kappa shape index (κ3) is 19.5. The number of aliphatic hydroxyl groups is 2. The first-order chi connectivity index (χ1) is 44.2.